The molecule has 0 radical (unpaired) electrons. The predicted octanol–water partition coefficient (Wildman–Crippen LogP) is 0.586. The van der Waals surface area contributed by atoms with E-state index in [4.69, 9.17) is 14.6 Å². The molecule has 0 aliphatic carbocycles. The van der Waals surface area contributed by atoms with Crippen LogP contribution in [0.1, 0.15) is 13.8 Å². The Bertz CT molecular complexity index is 307. The molecule has 0 spiro atoms. The van der Waals surface area contributed by atoms with Gasteiger partial charge in [-0.1, -0.05) is 13.2 Å². The molecule has 0 rings (SSSR count). The van der Waals surface area contributed by atoms with E-state index >= 15 is 0 Å². The van der Waals surface area contributed by atoms with Crippen LogP contribution in [0.5, 0.6) is 0 Å². The molecule has 16 heavy (non-hydrogen) atoms. The number of aliphatic hydroxyl groups excluding tert-OH is 1. The zero-order valence-electron chi connectivity index (χ0n) is 9.49. The smallest absolute Gasteiger partial charge is 0.333 e. The molecule has 0 aromatic rings. The first-order chi connectivity index (χ1) is 7.34. The second-order valence-electron chi connectivity index (χ2n) is 3.59. The van der Waals surface area contributed by atoms with Gasteiger partial charge in [0, 0.05) is 11.6 Å². The molecule has 5 nitrogen and oxygen atoms in total. The molecule has 0 aliphatic rings. The summed E-state index contributed by atoms with van der Waals surface area (Å²) in [6, 6.07) is 0. The zero-order valence-corrected chi connectivity index (χ0v) is 9.49. The Balaban J connectivity index is 4.37. The Morgan fingerprint density at radius 3 is 2.44 bits per heavy atom. The number of esters is 2. The fourth-order valence-corrected chi connectivity index (χ4v) is 0.733. The van der Waals surface area contributed by atoms with E-state index in [0.717, 1.165) is 6.08 Å². The summed E-state index contributed by atoms with van der Waals surface area (Å²) in [5, 5.41) is 9.06. The van der Waals surface area contributed by atoms with E-state index in [1.807, 2.05) is 0 Å². The van der Waals surface area contributed by atoms with E-state index in [2.05, 4.69) is 13.2 Å². The Morgan fingerprint density at radius 1 is 1.50 bits per heavy atom. The lowest BCUT2D eigenvalue weighted by Gasteiger charge is -2.26. The summed E-state index contributed by atoms with van der Waals surface area (Å²) in [7, 11) is 0. The summed E-state index contributed by atoms with van der Waals surface area (Å²) in [5.74, 6) is -1.29. The fourth-order valence-electron chi connectivity index (χ4n) is 0.733. The molecule has 0 heterocycles. The molecule has 1 N–H and O–H groups in total. The van der Waals surface area contributed by atoms with E-state index in [1.54, 1.807) is 0 Å². The Kier molecular flexibility index (Phi) is 5.46. The second kappa shape index (κ2) is 6.07. The van der Waals surface area contributed by atoms with Crippen LogP contribution in [0.2, 0.25) is 0 Å². The van der Waals surface area contributed by atoms with E-state index in [1.165, 1.54) is 13.8 Å². The highest BCUT2D eigenvalue weighted by Crippen LogP contribution is 2.11. The average molecular weight is 228 g/mol. The van der Waals surface area contributed by atoms with E-state index in [9.17, 15) is 9.59 Å². The number of hydrogen-bond donors (Lipinski definition) is 1. The minimum atomic E-state index is -1.27. The summed E-state index contributed by atoms with van der Waals surface area (Å²) in [5.41, 5.74) is -1.04. The lowest BCUT2D eigenvalue weighted by atomic mass is 10.1. The van der Waals surface area contributed by atoms with Crippen molar-refractivity contribution in [1.82, 2.24) is 0 Å². The van der Waals surface area contributed by atoms with Crippen molar-refractivity contribution in [3.8, 4) is 0 Å². The summed E-state index contributed by atoms with van der Waals surface area (Å²) >= 11 is 0. The highest BCUT2D eigenvalue weighted by molar-refractivity contribution is 5.87. The van der Waals surface area contributed by atoms with Gasteiger partial charge >= 0.3 is 11.9 Å². The van der Waals surface area contributed by atoms with Crippen LogP contribution in [0, 0.1) is 0 Å². The molecule has 0 aromatic heterocycles. The van der Waals surface area contributed by atoms with Crippen LogP contribution in [0.25, 0.3) is 0 Å². The van der Waals surface area contributed by atoms with Crippen LogP contribution >= 0.6 is 0 Å². The quantitative estimate of drug-likeness (QED) is 0.532. The van der Waals surface area contributed by atoms with Crippen molar-refractivity contribution in [3.05, 3.63) is 24.8 Å². The standard InChI is InChI=1S/C11H16O5/c1-5-9(13)16-11(4,6-12)7-15-10(14)8(2)3/h5,12H,1-2,6-7H2,3-4H3. The molecule has 1 atom stereocenters. The number of aliphatic hydroxyl groups is 1. The lowest BCUT2D eigenvalue weighted by Crippen LogP contribution is -2.40. The molecule has 0 saturated carbocycles. The number of hydrogen-bond acceptors (Lipinski definition) is 5. The summed E-state index contributed by atoms with van der Waals surface area (Å²) < 4.78 is 9.65. The minimum absolute atomic E-state index is 0.232. The van der Waals surface area contributed by atoms with E-state index in [0.29, 0.717) is 0 Å². The molecule has 0 saturated heterocycles. The molecule has 0 fully saturated rings. The molecule has 1 unspecified atom stereocenters. The van der Waals surface area contributed by atoms with Crippen molar-refractivity contribution in [2.45, 2.75) is 19.4 Å². The first kappa shape index (κ1) is 14.4. The molecular weight excluding hydrogens is 212 g/mol. The van der Waals surface area contributed by atoms with E-state index < -0.39 is 24.1 Å². The molecule has 0 amide bonds. The van der Waals surface area contributed by atoms with Crippen molar-refractivity contribution < 1.29 is 24.2 Å². The Labute approximate surface area is 94.4 Å². The van der Waals surface area contributed by atoms with Crippen LogP contribution in [0.4, 0.5) is 0 Å². The normalized spacial score (nSPS) is 13.4. The topological polar surface area (TPSA) is 72.8 Å². The van der Waals surface area contributed by atoms with Crippen LogP contribution in [0.3, 0.4) is 0 Å². The largest absolute Gasteiger partial charge is 0.458 e. The molecular formula is C11H16O5. The Hall–Kier alpha value is -1.62. The van der Waals surface area contributed by atoms with Gasteiger partial charge in [0.15, 0.2) is 5.60 Å². The molecule has 5 heteroatoms. The maximum atomic E-state index is 11.1. The number of ether oxygens (including phenoxy) is 2. The number of rotatable bonds is 6. The van der Waals surface area contributed by atoms with Crippen molar-refractivity contribution >= 4 is 11.9 Å². The maximum Gasteiger partial charge on any atom is 0.333 e. The third kappa shape index (κ3) is 4.75. The summed E-state index contributed by atoms with van der Waals surface area (Å²) in [6.07, 6.45) is 0.967. The third-order valence-corrected chi connectivity index (χ3v) is 1.71. The third-order valence-electron chi connectivity index (χ3n) is 1.71. The van der Waals surface area contributed by atoms with Gasteiger partial charge in [0.2, 0.25) is 0 Å². The number of carbonyl (C=O) groups excluding carboxylic acids is 2. The highest BCUT2D eigenvalue weighted by atomic mass is 16.6. The van der Waals surface area contributed by atoms with Crippen molar-refractivity contribution in [2.75, 3.05) is 13.2 Å². The summed E-state index contributed by atoms with van der Waals surface area (Å²) in [6.45, 7) is 8.86. The van der Waals surface area contributed by atoms with Crippen LogP contribution in [-0.2, 0) is 19.1 Å². The monoisotopic (exact) mass is 228 g/mol. The van der Waals surface area contributed by atoms with Crippen LogP contribution in [0.15, 0.2) is 24.8 Å². The maximum absolute atomic E-state index is 11.1. The van der Waals surface area contributed by atoms with Crippen molar-refractivity contribution in [2.24, 2.45) is 0 Å². The first-order valence-electron chi connectivity index (χ1n) is 4.63. The zero-order chi connectivity index (χ0) is 12.8. The second-order valence-corrected chi connectivity index (χ2v) is 3.59. The Morgan fingerprint density at radius 2 is 2.06 bits per heavy atom. The average Bonchev–Trinajstić information content (AvgIpc) is 2.25. The predicted molar refractivity (Wildman–Crippen MR) is 57.6 cm³/mol. The van der Waals surface area contributed by atoms with Gasteiger partial charge < -0.3 is 14.6 Å². The van der Waals surface area contributed by atoms with Crippen LogP contribution in [-0.4, -0.2) is 35.9 Å². The molecule has 0 bridgehead atoms. The van der Waals surface area contributed by atoms with Gasteiger partial charge in [0.1, 0.15) is 6.61 Å². The van der Waals surface area contributed by atoms with Gasteiger partial charge in [0.05, 0.1) is 6.61 Å². The first-order valence-corrected chi connectivity index (χ1v) is 4.63. The highest BCUT2D eigenvalue weighted by Gasteiger charge is 2.29. The number of carbonyl (C=O) groups is 2. The van der Waals surface area contributed by atoms with Gasteiger partial charge in [0.25, 0.3) is 0 Å². The lowest BCUT2D eigenvalue weighted by molar-refractivity contribution is -0.169. The van der Waals surface area contributed by atoms with Crippen molar-refractivity contribution in [3.63, 3.8) is 0 Å². The molecule has 0 aliphatic heterocycles. The fraction of sp³-hybridized carbons (Fsp3) is 0.455. The van der Waals surface area contributed by atoms with Crippen LogP contribution < -0.4 is 0 Å². The van der Waals surface area contributed by atoms with Gasteiger partial charge in [-0.05, 0) is 13.8 Å². The summed E-state index contributed by atoms with van der Waals surface area (Å²) in [4.78, 5) is 22.1. The SMILES string of the molecule is C=CC(=O)OC(C)(CO)COC(=O)C(=C)C. The molecule has 90 valence electrons. The van der Waals surface area contributed by atoms with Crippen molar-refractivity contribution in [1.29, 1.82) is 0 Å². The molecule has 0 aromatic carbocycles. The van der Waals surface area contributed by atoms with Gasteiger partial charge in [-0.3, -0.25) is 0 Å². The van der Waals surface area contributed by atoms with Gasteiger partial charge in [-0.15, -0.1) is 0 Å². The van der Waals surface area contributed by atoms with E-state index in [-0.39, 0.29) is 12.2 Å². The van der Waals surface area contributed by atoms with Gasteiger partial charge in [-0.2, -0.15) is 0 Å². The van der Waals surface area contributed by atoms with Gasteiger partial charge in [-0.25, -0.2) is 9.59 Å². The minimum Gasteiger partial charge on any atom is -0.458 e.